The van der Waals surface area contributed by atoms with Crippen LogP contribution in [0.4, 0.5) is 0 Å². The third-order valence-corrected chi connectivity index (χ3v) is 2.48. The molecule has 0 fully saturated rings. The molecule has 0 bridgehead atoms. The van der Waals surface area contributed by atoms with Crippen molar-refractivity contribution in [1.29, 1.82) is 0 Å². The summed E-state index contributed by atoms with van der Waals surface area (Å²) in [4.78, 5) is 0. The molecule has 4 heteroatoms. The van der Waals surface area contributed by atoms with Crippen molar-refractivity contribution >= 4 is 22.6 Å². The lowest BCUT2D eigenvalue weighted by molar-refractivity contribution is 0.174. The lowest BCUT2D eigenvalue weighted by atomic mass is 10.2. The summed E-state index contributed by atoms with van der Waals surface area (Å²) in [6.07, 6.45) is 1.84. The fourth-order valence-corrected chi connectivity index (χ4v) is 1.75. The van der Waals surface area contributed by atoms with Crippen molar-refractivity contribution in [2.45, 2.75) is 13.5 Å². The molecule has 1 atom stereocenters. The molecule has 1 aliphatic heterocycles. The molecule has 0 radical (unpaired) electrons. The summed E-state index contributed by atoms with van der Waals surface area (Å²) >= 11 is 2.24. The smallest absolute Gasteiger partial charge is 0.225 e. The van der Waals surface area contributed by atoms with Crippen molar-refractivity contribution in [3.63, 3.8) is 0 Å². The molecule has 0 saturated carbocycles. The van der Waals surface area contributed by atoms with Crippen LogP contribution in [0, 0.1) is 9.49 Å². The van der Waals surface area contributed by atoms with E-state index in [4.69, 9.17) is 4.74 Å². The van der Waals surface area contributed by atoms with E-state index in [1.165, 1.54) is 0 Å². The minimum absolute atomic E-state index is 0.582. The average Bonchev–Trinajstić information content (AvgIpc) is 2.32. The molecule has 0 saturated heterocycles. The number of aromatic nitrogens is 2. The van der Waals surface area contributed by atoms with E-state index in [9.17, 15) is 0 Å². The zero-order valence-corrected chi connectivity index (χ0v) is 8.41. The van der Waals surface area contributed by atoms with Crippen LogP contribution in [0.3, 0.4) is 0 Å². The molecule has 11 heavy (non-hydrogen) atoms. The van der Waals surface area contributed by atoms with Crippen LogP contribution in [-0.4, -0.2) is 16.4 Å². The molecule has 2 rings (SSSR count). The van der Waals surface area contributed by atoms with Gasteiger partial charge in [-0.05, 0) is 22.6 Å². The van der Waals surface area contributed by atoms with E-state index >= 15 is 0 Å². The van der Waals surface area contributed by atoms with Gasteiger partial charge in [0.25, 0.3) is 0 Å². The van der Waals surface area contributed by atoms with Gasteiger partial charge in [-0.25, -0.2) is 4.68 Å². The summed E-state index contributed by atoms with van der Waals surface area (Å²) in [6, 6.07) is 0. The lowest BCUT2D eigenvalue weighted by Crippen LogP contribution is -2.23. The molecule has 0 unspecified atom stereocenters. The van der Waals surface area contributed by atoms with E-state index in [0.29, 0.717) is 5.92 Å². The maximum Gasteiger partial charge on any atom is 0.225 e. The number of rotatable bonds is 0. The van der Waals surface area contributed by atoms with Gasteiger partial charge in [-0.1, -0.05) is 6.92 Å². The highest BCUT2D eigenvalue weighted by Crippen LogP contribution is 2.25. The van der Waals surface area contributed by atoms with Crippen molar-refractivity contribution in [3.05, 3.63) is 9.77 Å². The van der Waals surface area contributed by atoms with Crippen LogP contribution < -0.4 is 4.74 Å². The predicted molar refractivity (Wildman–Crippen MR) is 49.6 cm³/mol. The van der Waals surface area contributed by atoms with Gasteiger partial charge in [0, 0.05) is 5.92 Å². The Hall–Kier alpha value is -0.260. The Morgan fingerprint density at radius 2 is 2.64 bits per heavy atom. The van der Waals surface area contributed by atoms with Gasteiger partial charge in [0.1, 0.15) is 0 Å². The van der Waals surface area contributed by atoms with Gasteiger partial charge in [0.15, 0.2) is 0 Å². The SMILES string of the molecule is C[C@H]1COc2c(I)cnn2C1. The summed E-state index contributed by atoms with van der Waals surface area (Å²) in [6.45, 7) is 3.97. The molecule has 0 N–H and O–H groups in total. The van der Waals surface area contributed by atoms with Crippen molar-refractivity contribution in [3.8, 4) is 5.88 Å². The van der Waals surface area contributed by atoms with Gasteiger partial charge in [0.2, 0.25) is 5.88 Å². The van der Waals surface area contributed by atoms with Crippen molar-refractivity contribution in [2.24, 2.45) is 5.92 Å². The Kier molecular flexibility index (Phi) is 1.78. The first kappa shape index (κ1) is 7.39. The third kappa shape index (κ3) is 1.23. The molecule has 0 aliphatic carbocycles. The van der Waals surface area contributed by atoms with E-state index in [-0.39, 0.29) is 0 Å². The van der Waals surface area contributed by atoms with E-state index in [1.54, 1.807) is 0 Å². The van der Waals surface area contributed by atoms with Gasteiger partial charge in [-0.15, -0.1) is 0 Å². The molecule has 0 spiro atoms. The van der Waals surface area contributed by atoms with Gasteiger partial charge in [-0.2, -0.15) is 5.10 Å². The third-order valence-electron chi connectivity index (χ3n) is 1.74. The summed E-state index contributed by atoms with van der Waals surface area (Å²) in [5.74, 6) is 1.52. The first-order chi connectivity index (χ1) is 5.27. The lowest BCUT2D eigenvalue weighted by Gasteiger charge is -2.20. The van der Waals surface area contributed by atoms with Gasteiger partial charge in [0.05, 0.1) is 22.9 Å². The Balaban J connectivity index is 2.36. The normalized spacial score (nSPS) is 22.5. The number of halogens is 1. The number of hydrogen-bond donors (Lipinski definition) is 0. The monoisotopic (exact) mass is 264 g/mol. The standard InChI is InChI=1S/C7H9IN2O/c1-5-3-10-7(11-4-5)6(8)2-9-10/h2,5H,3-4H2,1H3/t5-/m1/s1. The van der Waals surface area contributed by atoms with Crippen LogP contribution in [0.5, 0.6) is 5.88 Å². The second-order valence-corrected chi connectivity index (χ2v) is 4.06. The van der Waals surface area contributed by atoms with Gasteiger partial charge in [-0.3, -0.25) is 0 Å². The highest BCUT2D eigenvalue weighted by Gasteiger charge is 2.18. The van der Waals surface area contributed by atoms with E-state index in [2.05, 4.69) is 34.6 Å². The maximum atomic E-state index is 5.50. The second-order valence-electron chi connectivity index (χ2n) is 2.90. The van der Waals surface area contributed by atoms with Crippen LogP contribution in [-0.2, 0) is 6.54 Å². The van der Waals surface area contributed by atoms with E-state index in [1.807, 2.05) is 10.9 Å². The molecule has 1 aromatic rings. The zero-order valence-electron chi connectivity index (χ0n) is 6.25. The van der Waals surface area contributed by atoms with Crippen molar-refractivity contribution in [1.82, 2.24) is 9.78 Å². The molecule has 3 nitrogen and oxygen atoms in total. The Labute approximate surface area is 78.9 Å². The molecule has 0 amide bonds. The van der Waals surface area contributed by atoms with Gasteiger partial charge < -0.3 is 4.74 Å². The summed E-state index contributed by atoms with van der Waals surface area (Å²) < 4.78 is 8.53. The molecule has 2 heterocycles. The Morgan fingerprint density at radius 1 is 1.82 bits per heavy atom. The van der Waals surface area contributed by atoms with E-state index in [0.717, 1.165) is 22.6 Å². The molecular formula is C7H9IN2O. The van der Waals surface area contributed by atoms with E-state index < -0.39 is 0 Å². The number of hydrogen-bond acceptors (Lipinski definition) is 2. The summed E-state index contributed by atoms with van der Waals surface area (Å²) in [7, 11) is 0. The minimum Gasteiger partial charge on any atom is -0.477 e. The summed E-state index contributed by atoms with van der Waals surface area (Å²) in [5.41, 5.74) is 0. The Morgan fingerprint density at radius 3 is 3.45 bits per heavy atom. The van der Waals surface area contributed by atoms with Crippen LogP contribution in [0.15, 0.2) is 6.20 Å². The molecule has 0 aromatic carbocycles. The largest absolute Gasteiger partial charge is 0.477 e. The molecule has 1 aromatic heterocycles. The number of nitrogens with zero attached hydrogens (tertiary/aromatic N) is 2. The van der Waals surface area contributed by atoms with Crippen molar-refractivity contribution in [2.75, 3.05) is 6.61 Å². The van der Waals surface area contributed by atoms with Crippen LogP contribution >= 0.6 is 22.6 Å². The maximum absolute atomic E-state index is 5.50. The number of ether oxygens (including phenoxy) is 1. The molecule has 60 valence electrons. The molecular weight excluding hydrogens is 255 g/mol. The predicted octanol–water partition coefficient (Wildman–Crippen LogP) is 1.52. The van der Waals surface area contributed by atoms with Crippen LogP contribution in [0.25, 0.3) is 0 Å². The minimum atomic E-state index is 0.582. The van der Waals surface area contributed by atoms with Gasteiger partial charge >= 0.3 is 0 Å². The second kappa shape index (κ2) is 2.66. The zero-order chi connectivity index (χ0) is 7.84. The first-order valence-electron chi connectivity index (χ1n) is 3.61. The highest BCUT2D eigenvalue weighted by atomic mass is 127. The fraction of sp³-hybridized carbons (Fsp3) is 0.571. The van der Waals surface area contributed by atoms with Crippen LogP contribution in [0.1, 0.15) is 6.92 Å². The fourth-order valence-electron chi connectivity index (χ4n) is 1.19. The topological polar surface area (TPSA) is 27.1 Å². The quantitative estimate of drug-likeness (QED) is 0.664. The number of fused-ring (bicyclic) bond motifs is 1. The molecule has 1 aliphatic rings. The average molecular weight is 264 g/mol. The first-order valence-corrected chi connectivity index (χ1v) is 4.69. The van der Waals surface area contributed by atoms with Crippen molar-refractivity contribution < 1.29 is 4.74 Å². The van der Waals surface area contributed by atoms with Crippen LogP contribution in [0.2, 0.25) is 0 Å². The summed E-state index contributed by atoms with van der Waals surface area (Å²) in [5, 5.41) is 4.19. The highest BCUT2D eigenvalue weighted by molar-refractivity contribution is 14.1. The Bertz CT molecular complexity index is 271.